The maximum absolute atomic E-state index is 5.62. The summed E-state index contributed by atoms with van der Waals surface area (Å²) in [6.45, 7) is 1.40. The Hall–Kier alpha value is -2.40. The van der Waals surface area contributed by atoms with Crippen LogP contribution in [0.15, 0.2) is 42.6 Å². The van der Waals surface area contributed by atoms with E-state index < -0.39 is 0 Å². The molecule has 1 aromatic carbocycles. The van der Waals surface area contributed by atoms with Gasteiger partial charge in [0.05, 0.1) is 11.9 Å². The number of rotatable bonds is 2. The van der Waals surface area contributed by atoms with Crippen LogP contribution in [0.4, 0.5) is 11.5 Å². The number of nitrogens with two attached hydrogens (primary N) is 1. The summed E-state index contributed by atoms with van der Waals surface area (Å²) in [5.74, 6) is 0.948. The summed E-state index contributed by atoms with van der Waals surface area (Å²) >= 11 is 0. The van der Waals surface area contributed by atoms with Gasteiger partial charge >= 0.3 is 0 Å². The van der Waals surface area contributed by atoms with Gasteiger partial charge in [-0.05, 0) is 30.2 Å². The number of anilines is 2. The first-order chi connectivity index (χ1) is 9.85. The third-order valence-electron chi connectivity index (χ3n) is 3.73. The molecule has 1 aliphatic rings. The smallest absolute Gasteiger partial charge is 0.154 e. The van der Waals surface area contributed by atoms with Gasteiger partial charge in [-0.15, -0.1) is 5.10 Å². The Kier molecular flexibility index (Phi) is 2.47. The average molecular weight is 265 g/mol. The fourth-order valence-electron chi connectivity index (χ4n) is 2.74. The second-order valence-electron chi connectivity index (χ2n) is 4.96. The minimum Gasteiger partial charge on any atom is -0.325 e. The molecule has 3 heterocycles. The van der Waals surface area contributed by atoms with E-state index in [1.807, 2.05) is 18.3 Å². The van der Waals surface area contributed by atoms with E-state index in [1.54, 1.807) is 4.52 Å². The van der Waals surface area contributed by atoms with Crippen LogP contribution >= 0.6 is 0 Å². The van der Waals surface area contributed by atoms with Crippen molar-refractivity contribution in [2.75, 3.05) is 11.4 Å². The second-order valence-corrected chi connectivity index (χ2v) is 4.96. The molecule has 0 spiro atoms. The highest BCUT2D eigenvalue weighted by Gasteiger charge is 2.21. The van der Waals surface area contributed by atoms with Crippen LogP contribution in [-0.4, -0.2) is 21.1 Å². The quantitative estimate of drug-likeness (QED) is 0.768. The Bertz CT molecular complexity index is 777. The van der Waals surface area contributed by atoms with Gasteiger partial charge in [0, 0.05) is 18.8 Å². The van der Waals surface area contributed by atoms with E-state index in [-0.39, 0.29) is 0 Å². The topological polar surface area (TPSA) is 59.5 Å². The van der Waals surface area contributed by atoms with Gasteiger partial charge in [-0.1, -0.05) is 18.2 Å². The van der Waals surface area contributed by atoms with Gasteiger partial charge in [0.25, 0.3) is 0 Å². The van der Waals surface area contributed by atoms with Gasteiger partial charge in [-0.3, -0.25) is 0 Å². The Morgan fingerprint density at radius 3 is 2.95 bits per heavy atom. The van der Waals surface area contributed by atoms with E-state index in [4.69, 9.17) is 5.73 Å². The highest BCUT2D eigenvalue weighted by Crippen LogP contribution is 2.32. The third kappa shape index (κ3) is 1.67. The summed E-state index contributed by atoms with van der Waals surface area (Å²) in [4.78, 5) is 6.65. The van der Waals surface area contributed by atoms with E-state index >= 15 is 0 Å². The molecule has 0 fully saturated rings. The van der Waals surface area contributed by atoms with Crippen LogP contribution in [0.5, 0.6) is 0 Å². The van der Waals surface area contributed by atoms with Gasteiger partial charge in [0.15, 0.2) is 11.5 Å². The highest BCUT2D eigenvalue weighted by atomic mass is 15.3. The molecule has 0 unspecified atom stereocenters. The number of hydrogen-bond donors (Lipinski definition) is 1. The number of fused-ring (bicyclic) bond motifs is 2. The van der Waals surface area contributed by atoms with Crippen molar-refractivity contribution in [2.24, 2.45) is 5.73 Å². The first-order valence-corrected chi connectivity index (χ1v) is 6.76. The molecule has 5 nitrogen and oxygen atoms in total. The molecular formula is C15H15N5. The molecule has 0 saturated carbocycles. The summed E-state index contributed by atoms with van der Waals surface area (Å²) in [5.41, 5.74) is 9.94. The van der Waals surface area contributed by atoms with Crippen molar-refractivity contribution in [2.45, 2.75) is 13.0 Å². The average Bonchev–Trinajstić information content (AvgIpc) is 3.09. The number of aromatic nitrogens is 3. The van der Waals surface area contributed by atoms with Crippen molar-refractivity contribution < 1.29 is 0 Å². The fourth-order valence-corrected chi connectivity index (χ4v) is 2.74. The fraction of sp³-hybridized carbons (Fsp3) is 0.200. The Balaban J connectivity index is 1.79. The lowest BCUT2D eigenvalue weighted by Crippen LogP contribution is -2.15. The van der Waals surface area contributed by atoms with Crippen molar-refractivity contribution in [3.63, 3.8) is 0 Å². The largest absolute Gasteiger partial charge is 0.325 e. The number of imidazole rings is 1. The zero-order valence-corrected chi connectivity index (χ0v) is 11.0. The van der Waals surface area contributed by atoms with Gasteiger partial charge in [0.2, 0.25) is 0 Å². The van der Waals surface area contributed by atoms with Crippen LogP contribution in [0.1, 0.15) is 11.3 Å². The lowest BCUT2D eigenvalue weighted by Gasteiger charge is -2.17. The van der Waals surface area contributed by atoms with Crippen molar-refractivity contribution >= 4 is 17.2 Å². The van der Waals surface area contributed by atoms with E-state index in [0.717, 1.165) is 30.1 Å². The Labute approximate surface area is 116 Å². The molecule has 100 valence electrons. The molecule has 2 N–H and O–H groups in total. The summed E-state index contributed by atoms with van der Waals surface area (Å²) in [5, 5.41) is 4.65. The van der Waals surface area contributed by atoms with Crippen molar-refractivity contribution in [3.8, 4) is 0 Å². The lowest BCUT2D eigenvalue weighted by molar-refractivity contribution is 0.883. The highest BCUT2D eigenvalue weighted by molar-refractivity contribution is 5.67. The molecule has 2 aromatic heterocycles. The SMILES string of the molecule is NCc1cn2nc(N3CCc4ccccc43)ccc2n1. The molecule has 0 bridgehead atoms. The molecule has 0 radical (unpaired) electrons. The summed E-state index contributed by atoms with van der Waals surface area (Å²) < 4.78 is 1.80. The van der Waals surface area contributed by atoms with Gasteiger partial charge in [-0.25, -0.2) is 9.50 Å². The molecule has 0 atom stereocenters. The van der Waals surface area contributed by atoms with E-state index in [2.05, 4.69) is 39.2 Å². The zero-order valence-electron chi connectivity index (χ0n) is 11.0. The zero-order chi connectivity index (χ0) is 13.5. The Morgan fingerprint density at radius 2 is 2.05 bits per heavy atom. The van der Waals surface area contributed by atoms with E-state index in [0.29, 0.717) is 6.54 Å². The molecule has 0 amide bonds. The number of hydrogen-bond acceptors (Lipinski definition) is 4. The maximum atomic E-state index is 5.62. The molecule has 0 saturated heterocycles. The van der Waals surface area contributed by atoms with Crippen LogP contribution in [0, 0.1) is 0 Å². The van der Waals surface area contributed by atoms with E-state index in [9.17, 15) is 0 Å². The van der Waals surface area contributed by atoms with Crippen LogP contribution in [-0.2, 0) is 13.0 Å². The summed E-state index contributed by atoms with van der Waals surface area (Å²) in [6.07, 6.45) is 2.95. The van der Waals surface area contributed by atoms with Crippen LogP contribution in [0.25, 0.3) is 5.65 Å². The standard InChI is InChI=1S/C15H15N5/c16-9-12-10-20-14(17-12)5-6-15(18-20)19-8-7-11-3-1-2-4-13(11)19/h1-6,10H,7-9,16H2. The monoisotopic (exact) mass is 265 g/mol. The van der Waals surface area contributed by atoms with Crippen LogP contribution < -0.4 is 10.6 Å². The molecule has 4 rings (SSSR count). The van der Waals surface area contributed by atoms with Gasteiger partial charge in [0.1, 0.15) is 0 Å². The van der Waals surface area contributed by atoms with Crippen LogP contribution in [0.2, 0.25) is 0 Å². The summed E-state index contributed by atoms with van der Waals surface area (Å²) in [6, 6.07) is 12.5. The van der Waals surface area contributed by atoms with Crippen LogP contribution in [0.3, 0.4) is 0 Å². The lowest BCUT2D eigenvalue weighted by atomic mass is 10.2. The number of nitrogens with zero attached hydrogens (tertiary/aromatic N) is 4. The molecule has 20 heavy (non-hydrogen) atoms. The molecule has 0 aliphatic carbocycles. The van der Waals surface area contributed by atoms with Gasteiger partial charge in [-0.2, -0.15) is 0 Å². The minimum absolute atomic E-state index is 0.436. The van der Waals surface area contributed by atoms with E-state index in [1.165, 1.54) is 11.3 Å². The normalized spacial score (nSPS) is 13.9. The first kappa shape index (κ1) is 11.4. The predicted octanol–water partition coefficient (Wildman–Crippen LogP) is 1.88. The van der Waals surface area contributed by atoms with Crippen molar-refractivity contribution in [1.82, 2.24) is 14.6 Å². The first-order valence-electron chi connectivity index (χ1n) is 6.76. The number of para-hydroxylation sites is 1. The Morgan fingerprint density at radius 1 is 1.15 bits per heavy atom. The molecule has 1 aliphatic heterocycles. The molecular weight excluding hydrogens is 250 g/mol. The maximum Gasteiger partial charge on any atom is 0.154 e. The second kappa shape index (κ2) is 4.31. The minimum atomic E-state index is 0.436. The predicted molar refractivity (Wildman–Crippen MR) is 78.0 cm³/mol. The number of benzene rings is 1. The third-order valence-corrected chi connectivity index (χ3v) is 3.73. The van der Waals surface area contributed by atoms with Crippen molar-refractivity contribution in [1.29, 1.82) is 0 Å². The summed E-state index contributed by atoms with van der Waals surface area (Å²) in [7, 11) is 0. The molecule has 5 heteroatoms. The molecule has 3 aromatic rings. The van der Waals surface area contributed by atoms with Gasteiger partial charge < -0.3 is 10.6 Å². The van der Waals surface area contributed by atoms with Crippen molar-refractivity contribution in [3.05, 3.63) is 53.9 Å².